The molecule has 0 bridgehead atoms. The lowest BCUT2D eigenvalue weighted by molar-refractivity contribution is -0.138. The lowest BCUT2D eigenvalue weighted by Gasteiger charge is -2.28. The van der Waals surface area contributed by atoms with Crippen LogP contribution >= 0.6 is 0 Å². The Bertz CT molecular complexity index is 2470. The van der Waals surface area contributed by atoms with Crippen molar-refractivity contribution >= 4 is 71.0 Å². The van der Waals surface area contributed by atoms with E-state index < -0.39 is 157 Å². The molecule has 0 fully saturated rings. The number of hydrogen-bond donors (Lipinski definition) is 16. The van der Waals surface area contributed by atoms with Gasteiger partial charge >= 0.3 is 5.97 Å². The van der Waals surface area contributed by atoms with E-state index in [4.69, 9.17) is 22.3 Å². The van der Waals surface area contributed by atoms with Crippen LogP contribution in [0.4, 0.5) is 0 Å². The fourth-order valence-electron chi connectivity index (χ4n) is 7.86. The van der Waals surface area contributed by atoms with Crippen molar-refractivity contribution in [2.24, 2.45) is 45.9 Å². The number of benzene rings is 1. The first kappa shape index (κ1) is 69.9. The van der Waals surface area contributed by atoms with Crippen LogP contribution in [-0.4, -0.2) is 172 Å². The molecule has 82 heavy (non-hydrogen) atoms. The number of carboxylic acids is 1. The predicted octanol–water partition coefficient (Wildman–Crippen LogP) is -3.81. The van der Waals surface area contributed by atoms with Crippen LogP contribution in [0, 0.1) is 23.7 Å². The minimum atomic E-state index is -1.56. The number of aliphatic imine (C=N–C) groups is 1. The van der Waals surface area contributed by atoms with Crippen LogP contribution in [-0.2, 0) is 65.6 Å². The van der Waals surface area contributed by atoms with Crippen molar-refractivity contribution < 1.29 is 63.0 Å². The minimum Gasteiger partial charge on any atom is -0.480 e. The maximum absolute atomic E-state index is 14.2. The lowest BCUT2D eigenvalue weighted by atomic mass is 9.96. The third-order valence-electron chi connectivity index (χ3n) is 13.4. The molecule has 0 spiro atoms. The van der Waals surface area contributed by atoms with Crippen LogP contribution in [0.2, 0.25) is 0 Å². The van der Waals surface area contributed by atoms with Crippen molar-refractivity contribution in [2.45, 2.75) is 155 Å². The van der Waals surface area contributed by atoms with Crippen molar-refractivity contribution in [3.63, 3.8) is 0 Å². The average Bonchev–Trinajstić information content (AvgIpc) is 3.96. The molecule has 0 aliphatic heterocycles. The molecular weight excluding hydrogens is 1070 g/mol. The maximum Gasteiger partial charge on any atom is 0.322 e. The number of hydrogen-bond acceptors (Lipinski definition) is 15. The number of rotatable bonds is 36. The summed E-state index contributed by atoms with van der Waals surface area (Å²) in [6.45, 7) is 12.6. The molecule has 29 heteroatoms. The summed E-state index contributed by atoms with van der Waals surface area (Å²) in [4.78, 5) is 158. The molecule has 0 radical (unpaired) electrons. The summed E-state index contributed by atoms with van der Waals surface area (Å²) in [5.74, 6) is -11.4. The van der Waals surface area contributed by atoms with Gasteiger partial charge in [0.15, 0.2) is 5.96 Å². The molecule has 0 unspecified atom stereocenters. The van der Waals surface area contributed by atoms with E-state index in [2.05, 4.69) is 68.1 Å². The summed E-state index contributed by atoms with van der Waals surface area (Å²) < 4.78 is 0. The molecular formula is C53H86N16O13. The summed E-state index contributed by atoms with van der Waals surface area (Å²) in [5.41, 5.74) is 18.0. The van der Waals surface area contributed by atoms with Gasteiger partial charge in [-0.25, -0.2) is 4.98 Å². The van der Waals surface area contributed by atoms with Gasteiger partial charge in [-0.1, -0.05) is 98.6 Å². The second-order valence-corrected chi connectivity index (χ2v) is 20.7. The topological polar surface area (TPSA) is 468 Å². The summed E-state index contributed by atoms with van der Waals surface area (Å²) in [7, 11) is 0. The number of H-pyrrole nitrogens is 1. The number of carboxylic acid groups (broad SMARTS) is 1. The number of carbonyl (C=O) groups excluding carboxylic acids is 10. The third kappa shape index (κ3) is 24.3. The first-order valence-electron chi connectivity index (χ1n) is 27.3. The van der Waals surface area contributed by atoms with Crippen LogP contribution in [0.3, 0.4) is 0 Å². The van der Waals surface area contributed by atoms with Crippen molar-refractivity contribution in [3.8, 4) is 0 Å². The lowest BCUT2D eigenvalue weighted by Crippen LogP contribution is -2.61. The summed E-state index contributed by atoms with van der Waals surface area (Å²) in [6.07, 6.45) is 3.49. The van der Waals surface area contributed by atoms with Crippen LogP contribution in [0.25, 0.3) is 0 Å². The molecule has 0 aliphatic rings. The minimum absolute atomic E-state index is 0.0350. The summed E-state index contributed by atoms with van der Waals surface area (Å²) in [6, 6.07) is -2.93. The number of imidazole rings is 1. The van der Waals surface area contributed by atoms with E-state index in [1.807, 2.05) is 0 Å². The fourth-order valence-corrected chi connectivity index (χ4v) is 7.86. The smallest absolute Gasteiger partial charge is 0.322 e. The van der Waals surface area contributed by atoms with Gasteiger partial charge in [0.2, 0.25) is 59.1 Å². The van der Waals surface area contributed by atoms with Crippen molar-refractivity contribution in [1.29, 1.82) is 0 Å². The molecule has 456 valence electrons. The number of nitrogens with one attached hydrogen (secondary N) is 11. The third-order valence-corrected chi connectivity index (χ3v) is 13.4. The molecule has 19 N–H and O–H groups in total. The molecule has 0 saturated carbocycles. The Hall–Kier alpha value is -8.21. The second kappa shape index (κ2) is 35.5. The molecule has 10 amide bonds. The Kier molecular flexibility index (Phi) is 30.3. The average molecular weight is 1160 g/mol. The monoisotopic (exact) mass is 1150 g/mol. The predicted molar refractivity (Wildman–Crippen MR) is 301 cm³/mol. The molecule has 29 nitrogen and oxygen atoms in total. The van der Waals surface area contributed by atoms with Gasteiger partial charge in [0.1, 0.15) is 54.9 Å². The molecule has 1 aromatic heterocycles. The van der Waals surface area contributed by atoms with Crippen molar-refractivity contribution in [3.05, 3.63) is 54.1 Å². The van der Waals surface area contributed by atoms with Crippen LogP contribution in [0.15, 0.2) is 47.8 Å². The molecule has 1 heterocycles. The van der Waals surface area contributed by atoms with E-state index >= 15 is 0 Å². The Morgan fingerprint density at radius 3 is 1.62 bits per heavy atom. The van der Waals surface area contributed by atoms with Gasteiger partial charge in [-0.05, 0) is 49.0 Å². The largest absolute Gasteiger partial charge is 0.480 e. The molecule has 0 aliphatic carbocycles. The first-order valence-corrected chi connectivity index (χ1v) is 27.3. The number of aliphatic carboxylic acids is 1. The first-order chi connectivity index (χ1) is 38.6. The molecule has 11 atom stereocenters. The number of nitrogens with zero attached hydrogens (tertiary/aromatic N) is 2. The van der Waals surface area contributed by atoms with E-state index in [0.29, 0.717) is 24.1 Å². The van der Waals surface area contributed by atoms with E-state index in [9.17, 15) is 57.8 Å². The highest BCUT2D eigenvalue weighted by Gasteiger charge is 2.36. The zero-order chi connectivity index (χ0) is 61.8. The van der Waals surface area contributed by atoms with Gasteiger partial charge in [0.25, 0.3) is 0 Å². The van der Waals surface area contributed by atoms with E-state index in [1.165, 1.54) is 19.4 Å². The van der Waals surface area contributed by atoms with Crippen LogP contribution in [0.5, 0.6) is 0 Å². The van der Waals surface area contributed by atoms with Gasteiger partial charge in [-0.2, -0.15) is 0 Å². The van der Waals surface area contributed by atoms with E-state index in [1.54, 1.807) is 85.7 Å². The van der Waals surface area contributed by atoms with Crippen molar-refractivity contribution in [2.75, 3.05) is 26.2 Å². The van der Waals surface area contributed by atoms with Crippen LogP contribution in [0.1, 0.15) is 99.3 Å². The standard InChI is InChI=1S/C53H86N16O13/c1-10-29(7)42(51(81)65-36(21-33-22-57-26-61-33)46(76)60-24-39(72)73)68-47(77)35(20-32-16-13-12-14-17-32)63-38(71)23-59-45(75)34(18-15-19-58-53(55)56)64-50(80)41(28(5)6)67-44(74)31(9)62-48(78)37(25-70)66-52(82)43(30(8)11-2)69-49(79)40(54)27(3)4/h12-14,16-17,22,26-31,34-37,40-43,70H,10-11,15,18-21,23-25,54H2,1-9H3,(H,57,61)(H,59,75)(H,60,76)(H,62,78)(H,63,71)(H,64,80)(H,65,81)(H,66,82)(H,67,74)(H,68,77)(H,69,79)(H,72,73)(H4,55,56,58)/t29-,30-,31-,34-,35-,36-,37-,40-,41-,42-,43-/m0/s1. The fraction of sp³-hybridized carbons (Fsp3) is 0.604. The Morgan fingerprint density at radius 2 is 1.10 bits per heavy atom. The Labute approximate surface area is 477 Å². The number of aliphatic hydroxyl groups excluding tert-OH is 1. The number of nitrogens with two attached hydrogens (primary N) is 3. The SMILES string of the molecule is CC[C@H](C)[C@H](NC(=O)[C@H](Cc1ccccc1)NC(=O)CNC(=O)[C@H](CCCN=C(N)N)NC(=O)[C@@H](NC(=O)[C@H](C)NC(=O)[C@H](CO)NC(=O)[C@@H](NC(=O)[C@@H](N)C(C)C)[C@@H](C)CC)C(C)C)C(=O)N[C@@H](Cc1cnc[nH]1)C(=O)NCC(=O)O. The number of aromatic amines is 1. The number of carbonyl (C=O) groups is 11. The number of guanidine groups is 1. The molecule has 2 rings (SSSR count). The molecule has 0 saturated heterocycles. The van der Waals surface area contributed by atoms with Gasteiger partial charge in [0.05, 0.1) is 25.5 Å². The molecule has 1 aromatic carbocycles. The van der Waals surface area contributed by atoms with E-state index in [0.717, 1.165) is 0 Å². The number of aliphatic hydroxyl groups is 1. The Balaban J connectivity index is 2.29. The highest BCUT2D eigenvalue weighted by Crippen LogP contribution is 2.14. The summed E-state index contributed by atoms with van der Waals surface area (Å²) in [5, 5.41) is 44.5. The quantitative estimate of drug-likeness (QED) is 0.0177. The van der Waals surface area contributed by atoms with Gasteiger partial charge in [0, 0.05) is 31.3 Å². The number of aromatic nitrogens is 2. The van der Waals surface area contributed by atoms with Gasteiger partial charge in [-0.3, -0.25) is 57.7 Å². The van der Waals surface area contributed by atoms with Gasteiger partial charge < -0.3 is 85.6 Å². The molecule has 2 aromatic rings. The zero-order valence-electron chi connectivity index (χ0n) is 48.1. The second-order valence-electron chi connectivity index (χ2n) is 20.7. The highest BCUT2D eigenvalue weighted by molar-refractivity contribution is 5.98. The zero-order valence-corrected chi connectivity index (χ0v) is 48.1. The number of amides is 10. The van der Waals surface area contributed by atoms with E-state index in [-0.39, 0.29) is 44.1 Å². The van der Waals surface area contributed by atoms with Gasteiger partial charge in [-0.15, -0.1) is 0 Å². The normalized spacial score (nSPS) is 15.1. The summed E-state index contributed by atoms with van der Waals surface area (Å²) >= 11 is 0. The highest BCUT2D eigenvalue weighted by atomic mass is 16.4. The Morgan fingerprint density at radius 1 is 0.585 bits per heavy atom. The van der Waals surface area contributed by atoms with Crippen molar-refractivity contribution in [1.82, 2.24) is 63.1 Å². The van der Waals surface area contributed by atoms with Crippen LogP contribution < -0.4 is 70.4 Å². The maximum atomic E-state index is 14.2.